The van der Waals surface area contributed by atoms with Gasteiger partial charge in [0, 0.05) is 17.5 Å². The average Bonchev–Trinajstić information content (AvgIpc) is 2.67. The molecule has 3 aromatic rings. The van der Waals surface area contributed by atoms with Crippen molar-refractivity contribution in [3.63, 3.8) is 0 Å². The van der Waals surface area contributed by atoms with Crippen LogP contribution in [0.1, 0.15) is 28.9 Å². The molecular formula is C20H19ClN4O3S. The van der Waals surface area contributed by atoms with E-state index in [0.29, 0.717) is 16.7 Å². The Morgan fingerprint density at radius 1 is 1.10 bits per heavy atom. The third-order valence-electron chi connectivity index (χ3n) is 4.14. The van der Waals surface area contributed by atoms with Crippen LogP contribution in [0.25, 0.3) is 0 Å². The summed E-state index contributed by atoms with van der Waals surface area (Å²) in [5.41, 5.74) is 1.76. The van der Waals surface area contributed by atoms with Gasteiger partial charge in [0.25, 0.3) is 5.91 Å². The lowest BCUT2D eigenvalue weighted by atomic mass is 10.1. The molecule has 0 radical (unpaired) electrons. The van der Waals surface area contributed by atoms with Crippen molar-refractivity contribution in [3.8, 4) is 0 Å². The van der Waals surface area contributed by atoms with Crippen LogP contribution in [0.15, 0.2) is 65.8 Å². The van der Waals surface area contributed by atoms with Gasteiger partial charge in [-0.1, -0.05) is 29.8 Å². The molecule has 1 heterocycles. The molecule has 0 saturated heterocycles. The fraction of sp³-hybridized carbons (Fsp3) is 0.150. The smallest absolute Gasteiger partial charge is 0.255 e. The molecule has 0 fully saturated rings. The topological polar surface area (TPSA) is 101 Å². The van der Waals surface area contributed by atoms with Crippen molar-refractivity contribution >= 4 is 38.9 Å². The Morgan fingerprint density at radius 2 is 1.86 bits per heavy atom. The largest absolute Gasteiger partial charge is 0.362 e. The Bertz CT molecular complexity index is 1150. The molecule has 1 amide bonds. The first-order chi connectivity index (χ1) is 13.7. The highest BCUT2D eigenvalue weighted by Crippen LogP contribution is 2.22. The number of aromatic nitrogens is 2. The normalized spacial score (nSPS) is 12.2. The van der Waals surface area contributed by atoms with Crippen molar-refractivity contribution < 1.29 is 13.2 Å². The first-order valence-corrected chi connectivity index (χ1v) is 10.9. The lowest BCUT2D eigenvalue weighted by Crippen LogP contribution is -2.14. The van der Waals surface area contributed by atoms with Crippen molar-refractivity contribution in [3.05, 3.63) is 77.2 Å². The fourth-order valence-corrected chi connectivity index (χ4v) is 3.49. The molecule has 150 valence electrons. The van der Waals surface area contributed by atoms with E-state index >= 15 is 0 Å². The van der Waals surface area contributed by atoms with Crippen LogP contribution >= 0.6 is 11.6 Å². The predicted octanol–water partition coefficient (Wildman–Crippen LogP) is 3.96. The highest BCUT2D eigenvalue weighted by Gasteiger charge is 2.13. The molecule has 0 unspecified atom stereocenters. The molecule has 2 aromatic carbocycles. The maximum absolute atomic E-state index is 12.5. The summed E-state index contributed by atoms with van der Waals surface area (Å²) in [4.78, 5) is 20.8. The van der Waals surface area contributed by atoms with Crippen molar-refractivity contribution in [2.45, 2.75) is 17.9 Å². The second-order valence-corrected chi connectivity index (χ2v) is 8.88. The van der Waals surface area contributed by atoms with E-state index in [0.717, 1.165) is 11.8 Å². The number of benzene rings is 2. The Balaban J connectivity index is 1.75. The molecule has 0 bridgehead atoms. The summed E-state index contributed by atoms with van der Waals surface area (Å²) in [6.07, 6.45) is 4.13. The number of carbonyl (C=O) groups is 1. The summed E-state index contributed by atoms with van der Waals surface area (Å²) in [7, 11) is -3.39. The number of nitrogens with one attached hydrogen (secondary N) is 2. The first kappa shape index (κ1) is 20.8. The minimum absolute atomic E-state index is 0.0966. The number of carbonyl (C=O) groups excluding carboxylic acids is 1. The zero-order valence-corrected chi connectivity index (χ0v) is 17.3. The second kappa shape index (κ2) is 8.59. The summed E-state index contributed by atoms with van der Waals surface area (Å²) in [5.74, 6) is 0.144. The minimum atomic E-state index is -3.39. The van der Waals surface area contributed by atoms with E-state index < -0.39 is 15.7 Å². The van der Waals surface area contributed by atoms with Gasteiger partial charge >= 0.3 is 0 Å². The van der Waals surface area contributed by atoms with Crippen LogP contribution < -0.4 is 10.6 Å². The molecule has 0 saturated carbocycles. The van der Waals surface area contributed by atoms with E-state index in [4.69, 9.17) is 11.6 Å². The highest BCUT2D eigenvalue weighted by atomic mass is 35.5. The highest BCUT2D eigenvalue weighted by molar-refractivity contribution is 7.90. The van der Waals surface area contributed by atoms with Crippen LogP contribution in [0.3, 0.4) is 0 Å². The number of halogens is 1. The molecule has 1 atom stereocenters. The van der Waals surface area contributed by atoms with Crippen LogP contribution in [0, 0.1) is 0 Å². The molecule has 0 aliphatic rings. The predicted molar refractivity (Wildman–Crippen MR) is 113 cm³/mol. The maximum Gasteiger partial charge on any atom is 0.255 e. The minimum Gasteiger partial charge on any atom is -0.362 e. The van der Waals surface area contributed by atoms with Gasteiger partial charge in [-0.15, -0.1) is 0 Å². The lowest BCUT2D eigenvalue weighted by molar-refractivity contribution is 0.102. The van der Waals surface area contributed by atoms with Gasteiger partial charge in [-0.3, -0.25) is 9.78 Å². The van der Waals surface area contributed by atoms with E-state index in [2.05, 4.69) is 20.6 Å². The summed E-state index contributed by atoms with van der Waals surface area (Å²) in [6, 6.07) is 13.1. The molecule has 9 heteroatoms. The summed E-state index contributed by atoms with van der Waals surface area (Å²) in [6.45, 7) is 1.94. The molecule has 0 aliphatic carbocycles. The van der Waals surface area contributed by atoms with Crippen molar-refractivity contribution in [1.82, 2.24) is 9.97 Å². The molecule has 29 heavy (non-hydrogen) atoms. The van der Waals surface area contributed by atoms with Gasteiger partial charge in [-0.2, -0.15) is 0 Å². The molecule has 1 aromatic heterocycles. The molecule has 7 nitrogen and oxygen atoms in total. The Labute approximate surface area is 174 Å². The number of sulfone groups is 1. The van der Waals surface area contributed by atoms with E-state index in [9.17, 15) is 13.2 Å². The van der Waals surface area contributed by atoms with Crippen LogP contribution in [-0.4, -0.2) is 30.5 Å². The lowest BCUT2D eigenvalue weighted by Gasteiger charge is -2.16. The molecule has 3 rings (SSSR count). The number of rotatable bonds is 6. The summed E-state index contributed by atoms with van der Waals surface area (Å²) < 4.78 is 23.4. The van der Waals surface area contributed by atoms with Crippen LogP contribution in [0.5, 0.6) is 0 Å². The van der Waals surface area contributed by atoms with Gasteiger partial charge in [0.1, 0.15) is 11.0 Å². The molecular weight excluding hydrogens is 412 g/mol. The van der Waals surface area contributed by atoms with E-state index in [-0.39, 0.29) is 16.5 Å². The number of nitrogens with zero attached hydrogens (tertiary/aromatic N) is 2. The zero-order chi connectivity index (χ0) is 21.0. The van der Waals surface area contributed by atoms with E-state index in [1.807, 2.05) is 25.1 Å². The van der Waals surface area contributed by atoms with Gasteiger partial charge in [-0.05, 0) is 42.8 Å². The fourth-order valence-electron chi connectivity index (χ4n) is 2.67. The van der Waals surface area contributed by atoms with E-state index in [1.54, 1.807) is 24.4 Å². The average molecular weight is 431 g/mol. The van der Waals surface area contributed by atoms with Crippen LogP contribution in [-0.2, 0) is 9.84 Å². The number of hydrogen-bond acceptors (Lipinski definition) is 6. The van der Waals surface area contributed by atoms with Gasteiger partial charge in [-0.25, -0.2) is 13.4 Å². The molecule has 0 aliphatic heterocycles. The van der Waals surface area contributed by atoms with Gasteiger partial charge in [0.05, 0.1) is 23.3 Å². The Kier molecular flexibility index (Phi) is 6.14. The van der Waals surface area contributed by atoms with Crippen molar-refractivity contribution in [2.75, 3.05) is 16.9 Å². The Hall–Kier alpha value is -2.97. The summed E-state index contributed by atoms with van der Waals surface area (Å²) in [5, 5.41) is 6.28. The monoisotopic (exact) mass is 430 g/mol. The first-order valence-electron chi connectivity index (χ1n) is 8.68. The van der Waals surface area contributed by atoms with Crippen LogP contribution in [0.2, 0.25) is 5.15 Å². The standard InChI is InChI=1S/C20H19ClN4O3S/c1-13(23-19-12-22-11-18(21)25-19)14-5-3-7-16(9-14)24-20(26)15-6-4-8-17(10-15)29(2,27)28/h3-13H,1-2H3,(H,23,25)(H,24,26)/t13-/m0/s1. The number of anilines is 2. The maximum atomic E-state index is 12.5. The van der Waals surface area contributed by atoms with Gasteiger partial charge in [0.15, 0.2) is 9.84 Å². The van der Waals surface area contributed by atoms with Crippen molar-refractivity contribution in [2.24, 2.45) is 0 Å². The van der Waals surface area contributed by atoms with Gasteiger partial charge in [0.2, 0.25) is 0 Å². The Morgan fingerprint density at radius 3 is 2.59 bits per heavy atom. The number of amides is 1. The van der Waals surface area contributed by atoms with Crippen molar-refractivity contribution in [1.29, 1.82) is 0 Å². The molecule has 0 spiro atoms. The number of hydrogen-bond donors (Lipinski definition) is 2. The zero-order valence-electron chi connectivity index (χ0n) is 15.8. The van der Waals surface area contributed by atoms with Crippen LogP contribution in [0.4, 0.5) is 11.5 Å². The quantitative estimate of drug-likeness (QED) is 0.613. The SMILES string of the molecule is C[C@H](Nc1cncc(Cl)n1)c1cccc(NC(=O)c2cccc(S(C)(=O)=O)c2)c1. The third-order valence-corrected chi connectivity index (χ3v) is 5.43. The third kappa shape index (κ3) is 5.52. The second-order valence-electron chi connectivity index (χ2n) is 6.47. The molecule has 2 N–H and O–H groups in total. The van der Waals surface area contributed by atoms with Gasteiger partial charge < -0.3 is 10.6 Å². The van der Waals surface area contributed by atoms with E-state index in [1.165, 1.54) is 18.3 Å². The summed E-state index contributed by atoms with van der Waals surface area (Å²) >= 11 is 5.86.